The molecule has 5 heteroatoms. The predicted molar refractivity (Wildman–Crippen MR) is 84.3 cm³/mol. The van der Waals surface area contributed by atoms with Crippen molar-refractivity contribution in [3.05, 3.63) is 21.3 Å². The Labute approximate surface area is 125 Å². The summed E-state index contributed by atoms with van der Waals surface area (Å²) < 4.78 is 0. The van der Waals surface area contributed by atoms with Crippen LogP contribution in [0.15, 0.2) is 11.4 Å². The highest BCUT2D eigenvalue weighted by molar-refractivity contribution is 7.10. The average Bonchev–Trinajstić information content (AvgIpc) is 2.79. The number of hydrogen-bond acceptors (Lipinski definition) is 4. The van der Waals surface area contributed by atoms with Crippen molar-refractivity contribution in [3.63, 3.8) is 0 Å². The van der Waals surface area contributed by atoms with Gasteiger partial charge in [0.1, 0.15) is 0 Å². The van der Waals surface area contributed by atoms with Gasteiger partial charge in [0.15, 0.2) is 0 Å². The van der Waals surface area contributed by atoms with Gasteiger partial charge in [0.05, 0.1) is 5.02 Å². The van der Waals surface area contributed by atoms with E-state index in [2.05, 4.69) is 41.5 Å². The maximum Gasteiger partial charge on any atom is 0.0561 e. The lowest BCUT2D eigenvalue weighted by atomic mass is 10.0. The molecule has 0 spiro atoms. The van der Waals surface area contributed by atoms with Crippen LogP contribution in [0.4, 0.5) is 0 Å². The zero-order valence-electron chi connectivity index (χ0n) is 12.0. The molecule has 1 aromatic heterocycles. The van der Waals surface area contributed by atoms with Gasteiger partial charge in [0, 0.05) is 36.6 Å². The van der Waals surface area contributed by atoms with Crippen molar-refractivity contribution in [1.29, 1.82) is 0 Å². The molecule has 1 N–H and O–H groups in total. The van der Waals surface area contributed by atoms with Gasteiger partial charge < -0.3 is 15.1 Å². The summed E-state index contributed by atoms with van der Waals surface area (Å²) in [5.41, 5.74) is 0. The number of hydrogen-bond donors (Lipinski definition) is 1. The van der Waals surface area contributed by atoms with E-state index in [1.165, 1.54) is 11.4 Å². The molecule has 0 saturated carbocycles. The molecule has 0 radical (unpaired) electrons. The molecule has 0 aliphatic carbocycles. The molecule has 0 aromatic carbocycles. The Morgan fingerprint density at radius 2 is 2.26 bits per heavy atom. The smallest absolute Gasteiger partial charge is 0.0561 e. The Morgan fingerprint density at radius 3 is 2.89 bits per heavy atom. The van der Waals surface area contributed by atoms with Crippen LogP contribution in [-0.4, -0.2) is 56.1 Å². The molecule has 19 heavy (non-hydrogen) atoms. The molecule has 2 heterocycles. The second-order valence-corrected chi connectivity index (χ2v) is 6.73. The lowest BCUT2D eigenvalue weighted by Gasteiger charge is -2.39. The van der Waals surface area contributed by atoms with E-state index in [1.54, 1.807) is 11.3 Å². The highest BCUT2D eigenvalue weighted by Gasteiger charge is 2.26. The summed E-state index contributed by atoms with van der Waals surface area (Å²) in [5.74, 6) is 0. The summed E-state index contributed by atoms with van der Waals surface area (Å²) in [6.45, 7) is 6.59. The van der Waals surface area contributed by atoms with E-state index in [0.29, 0.717) is 12.1 Å². The third-order valence-electron chi connectivity index (χ3n) is 3.90. The van der Waals surface area contributed by atoms with Gasteiger partial charge in [-0.15, -0.1) is 11.3 Å². The van der Waals surface area contributed by atoms with Gasteiger partial charge in [-0.25, -0.2) is 0 Å². The largest absolute Gasteiger partial charge is 0.309 e. The Hall–Kier alpha value is -0.130. The molecule has 108 valence electrons. The highest BCUT2D eigenvalue weighted by Crippen LogP contribution is 2.32. The maximum absolute atomic E-state index is 6.30. The lowest BCUT2D eigenvalue weighted by molar-refractivity contribution is 0.101. The molecular formula is C14H24ClN3S. The fraction of sp³-hybridized carbons (Fsp3) is 0.714. The van der Waals surface area contributed by atoms with E-state index in [1.807, 2.05) is 6.07 Å². The van der Waals surface area contributed by atoms with Crippen LogP contribution >= 0.6 is 22.9 Å². The number of rotatable bonds is 5. The molecular weight excluding hydrogens is 278 g/mol. The number of likely N-dealkylation sites (N-methyl/N-ethyl adjacent to an activating group) is 2. The van der Waals surface area contributed by atoms with Crippen molar-refractivity contribution in [3.8, 4) is 0 Å². The molecule has 0 amide bonds. The van der Waals surface area contributed by atoms with Crippen LogP contribution in [0.2, 0.25) is 5.02 Å². The van der Waals surface area contributed by atoms with Gasteiger partial charge in [-0.1, -0.05) is 18.5 Å². The summed E-state index contributed by atoms with van der Waals surface area (Å²) in [5, 5.41) is 6.58. The first kappa shape index (κ1) is 15.3. The van der Waals surface area contributed by atoms with E-state index < -0.39 is 0 Å². The molecule has 1 aromatic rings. The normalized spacial score (nSPS) is 23.7. The molecule has 3 nitrogen and oxygen atoms in total. The number of halogens is 1. The Morgan fingerprint density at radius 1 is 1.47 bits per heavy atom. The van der Waals surface area contributed by atoms with Crippen molar-refractivity contribution < 1.29 is 0 Å². The summed E-state index contributed by atoms with van der Waals surface area (Å²) >= 11 is 8.06. The Kier molecular flexibility index (Phi) is 5.66. The second-order valence-electron chi connectivity index (χ2n) is 5.38. The van der Waals surface area contributed by atoms with E-state index in [0.717, 1.165) is 31.1 Å². The summed E-state index contributed by atoms with van der Waals surface area (Å²) in [6.07, 6.45) is 1.12. The monoisotopic (exact) mass is 301 g/mol. The van der Waals surface area contributed by atoms with Crippen LogP contribution in [0.1, 0.15) is 24.3 Å². The topological polar surface area (TPSA) is 18.5 Å². The van der Waals surface area contributed by atoms with Crippen LogP contribution in [0.5, 0.6) is 0 Å². The minimum Gasteiger partial charge on any atom is -0.309 e. The SMILES string of the molecule is CCNC(CC1CN(C)CCN1C)c1sccc1Cl. The van der Waals surface area contributed by atoms with Gasteiger partial charge in [0.2, 0.25) is 0 Å². The fourth-order valence-electron chi connectivity index (χ4n) is 2.71. The molecule has 1 aliphatic rings. The Balaban J connectivity index is 2.06. The first-order valence-corrected chi connectivity index (χ1v) is 8.22. The van der Waals surface area contributed by atoms with Crippen LogP contribution in [-0.2, 0) is 0 Å². The molecule has 0 bridgehead atoms. The number of thiophene rings is 1. The van der Waals surface area contributed by atoms with Crippen molar-refractivity contribution in [2.24, 2.45) is 0 Å². The Bertz CT molecular complexity index is 396. The summed E-state index contributed by atoms with van der Waals surface area (Å²) in [6, 6.07) is 2.97. The van der Waals surface area contributed by atoms with Crippen LogP contribution < -0.4 is 5.32 Å². The van der Waals surface area contributed by atoms with Gasteiger partial charge in [0.25, 0.3) is 0 Å². The minimum atomic E-state index is 0.372. The molecule has 1 fully saturated rings. The van der Waals surface area contributed by atoms with E-state index in [4.69, 9.17) is 11.6 Å². The fourth-order valence-corrected chi connectivity index (χ4v) is 3.99. The van der Waals surface area contributed by atoms with Crippen molar-refractivity contribution in [2.75, 3.05) is 40.3 Å². The minimum absolute atomic E-state index is 0.372. The first-order chi connectivity index (χ1) is 9.11. The summed E-state index contributed by atoms with van der Waals surface area (Å²) in [7, 11) is 4.44. The average molecular weight is 302 g/mol. The molecule has 2 unspecified atom stereocenters. The maximum atomic E-state index is 6.30. The van der Waals surface area contributed by atoms with Gasteiger partial charge in [-0.05, 0) is 38.5 Å². The zero-order chi connectivity index (χ0) is 13.8. The van der Waals surface area contributed by atoms with Crippen molar-refractivity contribution >= 4 is 22.9 Å². The lowest BCUT2D eigenvalue weighted by Crippen LogP contribution is -2.51. The predicted octanol–water partition coefficient (Wildman–Crippen LogP) is 2.69. The summed E-state index contributed by atoms with van der Waals surface area (Å²) in [4.78, 5) is 6.18. The molecule has 2 atom stereocenters. The van der Waals surface area contributed by atoms with E-state index in [-0.39, 0.29) is 0 Å². The van der Waals surface area contributed by atoms with Crippen molar-refractivity contribution in [1.82, 2.24) is 15.1 Å². The van der Waals surface area contributed by atoms with E-state index >= 15 is 0 Å². The van der Waals surface area contributed by atoms with Crippen LogP contribution in [0.25, 0.3) is 0 Å². The second kappa shape index (κ2) is 7.04. The van der Waals surface area contributed by atoms with Gasteiger partial charge in [-0.3, -0.25) is 0 Å². The van der Waals surface area contributed by atoms with Crippen molar-refractivity contribution in [2.45, 2.75) is 25.4 Å². The first-order valence-electron chi connectivity index (χ1n) is 6.96. The standard InChI is InChI=1S/C14H24ClN3S/c1-4-16-13(14-12(15)5-8-19-14)9-11-10-17(2)6-7-18(11)3/h5,8,11,13,16H,4,6-7,9-10H2,1-3H3. The van der Waals surface area contributed by atoms with E-state index in [9.17, 15) is 0 Å². The quantitative estimate of drug-likeness (QED) is 0.902. The van der Waals surface area contributed by atoms with Crippen LogP contribution in [0.3, 0.4) is 0 Å². The van der Waals surface area contributed by atoms with Gasteiger partial charge >= 0.3 is 0 Å². The molecule has 1 saturated heterocycles. The molecule has 1 aliphatic heterocycles. The zero-order valence-corrected chi connectivity index (χ0v) is 13.6. The highest BCUT2D eigenvalue weighted by atomic mass is 35.5. The third-order valence-corrected chi connectivity index (χ3v) is 5.37. The number of nitrogens with one attached hydrogen (secondary N) is 1. The van der Waals surface area contributed by atoms with Crippen LogP contribution in [0, 0.1) is 0 Å². The molecule has 2 rings (SSSR count). The third kappa shape index (κ3) is 3.92. The number of nitrogens with zero attached hydrogens (tertiary/aromatic N) is 2. The van der Waals surface area contributed by atoms with Gasteiger partial charge in [-0.2, -0.15) is 0 Å². The number of piperazine rings is 1.